The number of sulfonamides is 1. The lowest BCUT2D eigenvalue weighted by atomic mass is 10.3. The molecule has 2 aromatic heterocycles. The summed E-state index contributed by atoms with van der Waals surface area (Å²) in [7, 11) is -3.76. The van der Waals surface area contributed by atoms with Gasteiger partial charge in [-0.3, -0.25) is 4.72 Å². The van der Waals surface area contributed by atoms with Gasteiger partial charge in [0.1, 0.15) is 5.82 Å². The number of fused-ring (bicyclic) bond motifs is 1. The highest BCUT2D eigenvalue weighted by Crippen LogP contribution is 2.27. The average Bonchev–Trinajstić information content (AvgIpc) is 3.25. The Labute approximate surface area is 153 Å². The van der Waals surface area contributed by atoms with E-state index in [-0.39, 0.29) is 4.90 Å². The van der Waals surface area contributed by atoms with Crippen LogP contribution in [0.25, 0.3) is 21.7 Å². The van der Waals surface area contributed by atoms with Gasteiger partial charge in [-0.15, -0.1) is 11.3 Å². The number of hydrogen-bond donors (Lipinski definition) is 2. The summed E-state index contributed by atoms with van der Waals surface area (Å²) in [4.78, 5) is 8.81. The molecule has 0 fully saturated rings. The number of nitrogens with one attached hydrogen (secondary N) is 2. The first kappa shape index (κ1) is 16.1. The predicted octanol–water partition coefficient (Wildman–Crippen LogP) is 4.75. The van der Waals surface area contributed by atoms with Crippen LogP contribution in [0.4, 0.5) is 5.69 Å². The van der Waals surface area contributed by atoms with Crippen molar-refractivity contribution in [2.45, 2.75) is 4.90 Å². The number of benzene rings is 2. The zero-order valence-corrected chi connectivity index (χ0v) is 15.1. The molecule has 0 saturated heterocycles. The zero-order valence-electron chi connectivity index (χ0n) is 12.7. The molecular weight excluding hydrogens is 378 g/mol. The molecule has 2 heterocycles. The minimum absolute atomic E-state index is 0.129. The largest absolute Gasteiger partial charge is 0.337 e. The third-order valence-electron chi connectivity index (χ3n) is 3.64. The topological polar surface area (TPSA) is 74.8 Å². The quantitative estimate of drug-likeness (QED) is 0.529. The van der Waals surface area contributed by atoms with E-state index < -0.39 is 10.0 Å². The molecular formula is C17H12ClN3O2S2. The third-order valence-corrected chi connectivity index (χ3v) is 6.21. The molecule has 0 radical (unpaired) electrons. The number of thiophene rings is 1. The van der Waals surface area contributed by atoms with Crippen LogP contribution in [0, 0.1) is 0 Å². The maximum absolute atomic E-state index is 12.6. The van der Waals surface area contributed by atoms with Gasteiger partial charge in [-0.2, -0.15) is 0 Å². The molecule has 0 amide bonds. The fourth-order valence-corrected chi connectivity index (χ4v) is 4.44. The summed E-state index contributed by atoms with van der Waals surface area (Å²) < 4.78 is 27.8. The van der Waals surface area contributed by atoms with Crippen LogP contribution < -0.4 is 4.72 Å². The lowest BCUT2D eigenvalue weighted by Gasteiger charge is -2.09. The highest BCUT2D eigenvalue weighted by atomic mass is 35.5. The van der Waals surface area contributed by atoms with E-state index in [1.807, 2.05) is 17.5 Å². The van der Waals surface area contributed by atoms with Gasteiger partial charge >= 0.3 is 0 Å². The lowest BCUT2D eigenvalue weighted by Crippen LogP contribution is -2.13. The summed E-state index contributed by atoms with van der Waals surface area (Å²) in [6.45, 7) is 0. The molecule has 126 valence electrons. The van der Waals surface area contributed by atoms with Crippen LogP contribution in [-0.2, 0) is 10.0 Å². The Balaban J connectivity index is 1.72. The Morgan fingerprint density at radius 2 is 1.92 bits per heavy atom. The first-order valence-electron chi connectivity index (χ1n) is 7.34. The first-order chi connectivity index (χ1) is 12.0. The van der Waals surface area contributed by atoms with E-state index in [0.29, 0.717) is 16.2 Å². The summed E-state index contributed by atoms with van der Waals surface area (Å²) in [5.41, 5.74) is 1.70. The van der Waals surface area contributed by atoms with Gasteiger partial charge in [0.2, 0.25) is 0 Å². The Morgan fingerprint density at radius 1 is 1.08 bits per heavy atom. The summed E-state index contributed by atoms with van der Waals surface area (Å²) in [5, 5.41) is 2.30. The number of aromatic nitrogens is 2. The van der Waals surface area contributed by atoms with E-state index in [4.69, 9.17) is 11.6 Å². The van der Waals surface area contributed by atoms with Gasteiger partial charge in [-0.1, -0.05) is 29.8 Å². The molecule has 0 aliphatic heterocycles. The minimum atomic E-state index is -3.76. The molecule has 0 spiro atoms. The van der Waals surface area contributed by atoms with Crippen LogP contribution in [0.2, 0.25) is 5.02 Å². The second-order valence-electron chi connectivity index (χ2n) is 5.33. The van der Waals surface area contributed by atoms with Gasteiger partial charge in [0.15, 0.2) is 0 Å². The molecule has 0 saturated carbocycles. The van der Waals surface area contributed by atoms with Crippen LogP contribution in [-0.4, -0.2) is 18.4 Å². The van der Waals surface area contributed by atoms with E-state index in [9.17, 15) is 8.42 Å². The molecule has 25 heavy (non-hydrogen) atoms. The third kappa shape index (κ3) is 3.13. The molecule has 0 atom stereocenters. The van der Waals surface area contributed by atoms with Crippen molar-refractivity contribution in [1.82, 2.24) is 9.97 Å². The Kier molecular flexibility index (Phi) is 3.99. The monoisotopic (exact) mass is 389 g/mol. The fourth-order valence-electron chi connectivity index (χ4n) is 2.43. The molecule has 4 aromatic rings. The summed E-state index contributed by atoms with van der Waals surface area (Å²) in [6.07, 6.45) is 0. The number of para-hydroxylation sites is 1. The number of H-pyrrole nitrogens is 1. The molecule has 5 nitrogen and oxygen atoms in total. The van der Waals surface area contributed by atoms with Gasteiger partial charge in [-0.25, -0.2) is 13.4 Å². The Hall–Kier alpha value is -2.35. The number of halogens is 1. The van der Waals surface area contributed by atoms with Gasteiger partial charge in [0.25, 0.3) is 10.0 Å². The Bertz CT molecular complexity index is 1150. The van der Waals surface area contributed by atoms with Crippen molar-refractivity contribution in [2.24, 2.45) is 0 Å². The SMILES string of the molecule is O=S(=O)(Nc1ccccc1Cl)c1ccc2[nH]c(-c3cccs3)nc2c1. The number of aromatic amines is 1. The van der Waals surface area contributed by atoms with Crippen LogP contribution in [0.3, 0.4) is 0 Å². The summed E-state index contributed by atoms with van der Waals surface area (Å²) >= 11 is 7.60. The fraction of sp³-hybridized carbons (Fsp3) is 0. The highest BCUT2D eigenvalue weighted by molar-refractivity contribution is 7.92. The van der Waals surface area contributed by atoms with Gasteiger partial charge in [0.05, 0.1) is 31.5 Å². The molecule has 2 N–H and O–H groups in total. The second kappa shape index (κ2) is 6.18. The molecule has 0 unspecified atom stereocenters. The van der Waals surface area contributed by atoms with Crippen LogP contribution in [0.5, 0.6) is 0 Å². The molecule has 2 aromatic carbocycles. The van der Waals surface area contributed by atoms with Crippen molar-refractivity contribution in [2.75, 3.05) is 4.72 Å². The summed E-state index contributed by atoms with van der Waals surface area (Å²) in [5.74, 6) is 0.721. The predicted molar refractivity (Wildman–Crippen MR) is 102 cm³/mol. The van der Waals surface area contributed by atoms with Gasteiger partial charge < -0.3 is 4.98 Å². The standard InChI is InChI=1S/C17H12ClN3O2S2/c18-12-4-1-2-5-13(12)21-25(22,23)11-7-8-14-15(10-11)20-17(19-14)16-6-3-9-24-16/h1-10,21H,(H,19,20). The van der Waals surface area contributed by atoms with E-state index in [2.05, 4.69) is 14.7 Å². The first-order valence-corrected chi connectivity index (χ1v) is 10.1. The van der Waals surface area contributed by atoms with Crippen molar-refractivity contribution in [3.05, 3.63) is 65.0 Å². The maximum atomic E-state index is 12.6. The normalized spacial score (nSPS) is 11.7. The van der Waals surface area contributed by atoms with Gasteiger partial charge in [-0.05, 0) is 41.8 Å². The molecule has 0 aliphatic rings. The highest BCUT2D eigenvalue weighted by Gasteiger charge is 2.17. The lowest BCUT2D eigenvalue weighted by molar-refractivity contribution is 0.601. The minimum Gasteiger partial charge on any atom is -0.337 e. The van der Waals surface area contributed by atoms with Crippen molar-refractivity contribution < 1.29 is 8.42 Å². The average molecular weight is 390 g/mol. The molecule has 0 bridgehead atoms. The zero-order chi connectivity index (χ0) is 17.4. The van der Waals surface area contributed by atoms with E-state index >= 15 is 0 Å². The van der Waals surface area contributed by atoms with E-state index in [0.717, 1.165) is 16.2 Å². The van der Waals surface area contributed by atoms with Crippen LogP contribution in [0.1, 0.15) is 0 Å². The van der Waals surface area contributed by atoms with Crippen molar-refractivity contribution in [1.29, 1.82) is 0 Å². The van der Waals surface area contributed by atoms with Crippen molar-refractivity contribution in [3.63, 3.8) is 0 Å². The van der Waals surface area contributed by atoms with E-state index in [1.54, 1.807) is 47.7 Å². The number of anilines is 1. The number of nitrogens with zero attached hydrogens (tertiary/aromatic N) is 1. The maximum Gasteiger partial charge on any atom is 0.262 e. The van der Waals surface area contributed by atoms with Crippen LogP contribution >= 0.6 is 22.9 Å². The summed E-state index contributed by atoms with van der Waals surface area (Å²) in [6, 6.07) is 15.4. The van der Waals surface area contributed by atoms with Crippen molar-refractivity contribution in [3.8, 4) is 10.7 Å². The van der Waals surface area contributed by atoms with Crippen LogP contribution in [0.15, 0.2) is 64.9 Å². The van der Waals surface area contributed by atoms with E-state index in [1.165, 1.54) is 6.07 Å². The number of hydrogen-bond acceptors (Lipinski definition) is 4. The second-order valence-corrected chi connectivity index (χ2v) is 8.36. The molecule has 8 heteroatoms. The molecule has 0 aliphatic carbocycles. The number of imidazole rings is 1. The molecule has 4 rings (SSSR count). The van der Waals surface area contributed by atoms with Gasteiger partial charge in [0, 0.05) is 0 Å². The number of rotatable bonds is 4. The van der Waals surface area contributed by atoms with Crippen molar-refractivity contribution >= 4 is 49.7 Å². The Morgan fingerprint density at radius 3 is 2.68 bits per heavy atom. The smallest absolute Gasteiger partial charge is 0.262 e.